The molecule has 0 saturated heterocycles. The summed E-state index contributed by atoms with van der Waals surface area (Å²) in [5.74, 6) is 0.00895. The Balaban J connectivity index is 2.32. The van der Waals surface area contributed by atoms with Crippen LogP contribution >= 0.6 is 0 Å². The fourth-order valence-corrected chi connectivity index (χ4v) is 3.63. The third-order valence-electron chi connectivity index (χ3n) is 5.65. The summed E-state index contributed by atoms with van der Waals surface area (Å²) in [6.07, 6.45) is 13.9. The maximum atomic E-state index is 12.4. The van der Waals surface area contributed by atoms with Gasteiger partial charge >= 0.3 is 5.97 Å². The van der Waals surface area contributed by atoms with Gasteiger partial charge in [0.15, 0.2) is 0 Å². The molecule has 0 aliphatic heterocycles. The third-order valence-corrected chi connectivity index (χ3v) is 5.65. The summed E-state index contributed by atoms with van der Waals surface area (Å²) >= 11 is 0. The number of rotatable bonds is 16. The fourth-order valence-electron chi connectivity index (χ4n) is 3.63. The van der Waals surface area contributed by atoms with Crippen molar-refractivity contribution in [2.75, 3.05) is 0 Å². The van der Waals surface area contributed by atoms with Gasteiger partial charge in [-0.15, -0.1) is 0 Å². The minimum Gasteiger partial charge on any atom is -0.427 e. The molecule has 0 bridgehead atoms. The van der Waals surface area contributed by atoms with Crippen molar-refractivity contribution in [2.24, 2.45) is 11.7 Å². The van der Waals surface area contributed by atoms with Gasteiger partial charge in [-0.2, -0.15) is 0 Å². The monoisotopic (exact) mass is 420 g/mol. The summed E-state index contributed by atoms with van der Waals surface area (Å²) < 4.78 is 5.36. The van der Waals surface area contributed by atoms with Crippen LogP contribution in [-0.2, 0) is 4.79 Å². The van der Waals surface area contributed by atoms with Crippen molar-refractivity contribution in [3.05, 3.63) is 34.4 Å². The van der Waals surface area contributed by atoms with Gasteiger partial charge in [-0.05, 0) is 38.3 Å². The molecule has 0 spiro atoms. The van der Waals surface area contributed by atoms with E-state index >= 15 is 0 Å². The minimum absolute atomic E-state index is 0.0308. The quantitative estimate of drug-likeness (QED) is 0.107. The molecular weight excluding hydrogens is 380 g/mol. The first kappa shape index (κ1) is 26.1. The molecule has 2 N–H and O–H groups in total. The molecule has 0 fully saturated rings. The van der Waals surface area contributed by atoms with Gasteiger partial charge in [-0.1, -0.05) is 71.1 Å². The minimum atomic E-state index is -0.481. The van der Waals surface area contributed by atoms with Crippen LogP contribution in [0, 0.1) is 16.0 Å². The van der Waals surface area contributed by atoms with Crippen LogP contribution in [0.5, 0.6) is 5.75 Å². The fraction of sp³-hybridized carbons (Fsp3) is 0.708. The van der Waals surface area contributed by atoms with E-state index in [4.69, 9.17) is 10.5 Å². The number of nitrogens with two attached hydrogens (primary N) is 1. The molecule has 6 heteroatoms. The SMILES string of the molecule is CCCCCCCCCCCCC(CC(=O)Oc1ccc([N+](=O)[O-])cc1)C(C)(C)N. The van der Waals surface area contributed by atoms with Crippen molar-refractivity contribution < 1.29 is 14.5 Å². The number of non-ortho nitro benzene ring substituents is 1. The second-order valence-electron chi connectivity index (χ2n) is 8.92. The topological polar surface area (TPSA) is 95.5 Å². The van der Waals surface area contributed by atoms with E-state index in [0.717, 1.165) is 12.8 Å². The van der Waals surface area contributed by atoms with Gasteiger partial charge in [0, 0.05) is 17.7 Å². The first-order valence-corrected chi connectivity index (χ1v) is 11.5. The number of hydrogen-bond acceptors (Lipinski definition) is 5. The number of hydrogen-bond donors (Lipinski definition) is 1. The maximum absolute atomic E-state index is 12.4. The second-order valence-corrected chi connectivity index (χ2v) is 8.92. The zero-order chi connectivity index (χ0) is 22.4. The summed E-state index contributed by atoms with van der Waals surface area (Å²) in [6, 6.07) is 5.55. The molecule has 1 aromatic carbocycles. The van der Waals surface area contributed by atoms with Crippen molar-refractivity contribution in [1.82, 2.24) is 0 Å². The van der Waals surface area contributed by atoms with Gasteiger partial charge < -0.3 is 10.5 Å². The van der Waals surface area contributed by atoms with Crippen LogP contribution in [-0.4, -0.2) is 16.4 Å². The number of nitro groups is 1. The maximum Gasteiger partial charge on any atom is 0.311 e. The Morgan fingerprint density at radius 1 is 1.00 bits per heavy atom. The van der Waals surface area contributed by atoms with Gasteiger partial charge in [-0.3, -0.25) is 14.9 Å². The lowest BCUT2D eigenvalue weighted by molar-refractivity contribution is -0.384. The van der Waals surface area contributed by atoms with E-state index < -0.39 is 10.5 Å². The highest BCUT2D eigenvalue weighted by atomic mass is 16.6. The number of esters is 1. The molecule has 170 valence electrons. The molecule has 0 saturated carbocycles. The highest BCUT2D eigenvalue weighted by Gasteiger charge is 2.28. The highest BCUT2D eigenvalue weighted by molar-refractivity contribution is 5.72. The number of nitro benzene ring substituents is 1. The van der Waals surface area contributed by atoms with Crippen LogP contribution in [0.4, 0.5) is 5.69 Å². The van der Waals surface area contributed by atoms with E-state index in [-0.39, 0.29) is 24.0 Å². The van der Waals surface area contributed by atoms with Gasteiger partial charge in [0.1, 0.15) is 5.75 Å². The molecule has 0 aromatic heterocycles. The zero-order valence-corrected chi connectivity index (χ0v) is 19.0. The van der Waals surface area contributed by atoms with Crippen molar-refractivity contribution >= 4 is 11.7 Å². The Morgan fingerprint density at radius 3 is 1.97 bits per heavy atom. The number of unbranched alkanes of at least 4 members (excludes halogenated alkanes) is 9. The Bertz CT molecular complexity index is 623. The molecular formula is C24H40N2O4. The molecule has 1 rings (SSSR count). The lowest BCUT2D eigenvalue weighted by Gasteiger charge is -2.30. The molecule has 0 aliphatic rings. The largest absolute Gasteiger partial charge is 0.427 e. The first-order chi connectivity index (χ1) is 14.2. The molecule has 1 aromatic rings. The lowest BCUT2D eigenvalue weighted by atomic mass is 9.82. The average molecular weight is 421 g/mol. The number of ether oxygens (including phenoxy) is 1. The van der Waals surface area contributed by atoms with Crippen molar-refractivity contribution in [1.29, 1.82) is 0 Å². The summed E-state index contributed by atoms with van der Waals surface area (Å²) in [4.78, 5) is 22.6. The molecule has 0 aliphatic carbocycles. The number of benzene rings is 1. The van der Waals surface area contributed by atoms with Gasteiger partial charge in [0.2, 0.25) is 0 Å². The predicted molar refractivity (Wildman–Crippen MR) is 122 cm³/mol. The summed E-state index contributed by atoms with van der Waals surface area (Å²) in [5, 5.41) is 10.7. The van der Waals surface area contributed by atoms with Crippen molar-refractivity contribution in [3.8, 4) is 5.75 Å². The Hall–Kier alpha value is -1.95. The van der Waals surface area contributed by atoms with Gasteiger partial charge in [0.05, 0.1) is 11.3 Å². The van der Waals surface area contributed by atoms with Crippen LogP contribution < -0.4 is 10.5 Å². The van der Waals surface area contributed by atoms with E-state index in [1.807, 2.05) is 13.8 Å². The van der Waals surface area contributed by atoms with E-state index in [0.29, 0.717) is 5.75 Å². The van der Waals surface area contributed by atoms with Crippen LogP contribution in [0.15, 0.2) is 24.3 Å². The van der Waals surface area contributed by atoms with Crippen LogP contribution in [0.3, 0.4) is 0 Å². The molecule has 30 heavy (non-hydrogen) atoms. The zero-order valence-electron chi connectivity index (χ0n) is 19.0. The summed E-state index contributed by atoms with van der Waals surface area (Å²) in [7, 11) is 0. The summed E-state index contributed by atoms with van der Waals surface area (Å²) in [6.45, 7) is 6.14. The Labute approximate surface area is 181 Å². The smallest absolute Gasteiger partial charge is 0.311 e. The highest BCUT2D eigenvalue weighted by Crippen LogP contribution is 2.26. The second kappa shape index (κ2) is 14.1. The first-order valence-electron chi connectivity index (χ1n) is 11.5. The summed E-state index contributed by atoms with van der Waals surface area (Å²) in [5.41, 5.74) is 5.82. The molecule has 0 heterocycles. The van der Waals surface area contributed by atoms with Crippen molar-refractivity contribution in [2.45, 2.75) is 103 Å². The van der Waals surface area contributed by atoms with Crippen LogP contribution in [0.1, 0.15) is 97.8 Å². The van der Waals surface area contributed by atoms with E-state index in [9.17, 15) is 14.9 Å². The van der Waals surface area contributed by atoms with Gasteiger partial charge in [0.25, 0.3) is 5.69 Å². The normalized spacial score (nSPS) is 12.5. The lowest BCUT2D eigenvalue weighted by Crippen LogP contribution is -2.42. The molecule has 0 amide bonds. The van der Waals surface area contributed by atoms with Crippen LogP contribution in [0.2, 0.25) is 0 Å². The van der Waals surface area contributed by atoms with Crippen molar-refractivity contribution in [3.63, 3.8) is 0 Å². The number of carbonyl (C=O) groups excluding carboxylic acids is 1. The average Bonchev–Trinajstić information content (AvgIpc) is 2.68. The third kappa shape index (κ3) is 11.3. The molecule has 6 nitrogen and oxygen atoms in total. The molecule has 1 unspecified atom stereocenters. The molecule has 0 radical (unpaired) electrons. The van der Waals surface area contributed by atoms with E-state index in [1.54, 1.807) is 0 Å². The van der Waals surface area contributed by atoms with Crippen LogP contribution in [0.25, 0.3) is 0 Å². The number of carbonyl (C=O) groups is 1. The Morgan fingerprint density at radius 2 is 1.50 bits per heavy atom. The van der Waals surface area contributed by atoms with Gasteiger partial charge in [-0.25, -0.2) is 0 Å². The molecule has 1 atom stereocenters. The predicted octanol–water partition coefficient (Wildman–Crippen LogP) is 6.55. The van der Waals surface area contributed by atoms with E-state index in [1.165, 1.54) is 82.1 Å². The Kier molecular flexibility index (Phi) is 12.3. The number of nitrogens with zero attached hydrogens (tertiary/aromatic N) is 1. The van der Waals surface area contributed by atoms with E-state index in [2.05, 4.69) is 6.92 Å². The standard InChI is InChI=1S/C24H40N2O4/c1-4-5-6-7-8-9-10-11-12-13-14-20(24(2,3)25)19-23(27)30-22-17-15-21(16-18-22)26(28)29/h15-18,20H,4-14,19,25H2,1-3H3.